The van der Waals surface area contributed by atoms with Gasteiger partial charge in [-0.1, -0.05) is 13.8 Å². The first-order chi connectivity index (χ1) is 9.17. The molecule has 0 spiro atoms. The summed E-state index contributed by atoms with van der Waals surface area (Å²) in [6, 6.07) is 8.51. The SMILES string of the molecule is CCCOc1ccc(N2CCNC(C)(CC)C2)cc1. The molecule has 1 aromatic rings. The topological polar surface area (TPSA) is 24.5 Å². The number of piperazine rings is 1. The quantitative estimate of drug-likeness (QED) is 0.882. The van der Waals surface area contributed by atoms with Crippen molar-refractivity contribution in [3.8, 4) is 5.75 Å². The lowest BCUT2D eigenvalue weighted by Gasteiger charge is -2.42. The van der Waals surface area contributed by atoms with Gasteiger partial charge in [-0.25, -0.2) is 0 Å². The number of nitrogens with zero attached hydrogens (tertiary/aromatic N) is 1. The van der Waals surface area contributed by atoms with Gasteiger partial charge in [0.05, 0.1) is 6.61 Å². The summed E-state index contributed by atoms with van der Waals surface area (Å²) in [6.45, 7) is 10.7. The van der Waals surface area contributed by atoms with Gasteiger partial charge in [0.25, 0.3) is 0 Å². The Hall–Kier alpha value is -1.22. The van der Waals surface area contributed by atoms with Gasteiger partial charge in [0.15, 0.2) is 0 Å². The lowest BCUT2D eigenvalue weighted by molar-refractivity contribution is 0.313. The van der Waals surface area contributed by atoms with E-state index in [0.717, 1.165) is 44.8 Å². The number of benzene rings is 1. The lowest BCUT2D eigenvalue weighted by Crippen LogP contribution is -2.58. The van der Waals surface area contributed by atoms with Crippen LogP contribution in [0.3, 0.4) is 0 Å². The summed E-state index contributed by atoms with van der Waals surface area (Å²) in [7, 11) is 0. The molecule has 0 saturated carbocycles. The van der Waals surface area contributed by atoms with Crippen molar-refractivity contribution in [3.05, 3.63) is 24.3 Å². The monoisotopic (exact) mass is 262 g/mol. The zero-order chi connectivity index (χ0) is 13.7. The molecule has 1 saturated heterocycles. The van der Waals surface area contributed by atoms with Crippen LogP contribution in [0.4, 0.5) is 5.69 Å². The molecule has 1 aliphatic heterocycles. The third-order valence-corrected chi connectivity index (χ3v) is 3.93. The van der Waals surface area contributed by atoms with Crippen LogP contribution in [0.5, 0.6) is 5.75 Å². The molecule has 0 bridgehead atoms. The maximum absolute atomic E-state index is 5.63. The Morgan fingerprint density at radius 2 is 2.00 bits per heavy atom. The molecule has 106 valence electrons. The molecular formula is C16H26N2O. The fourth-order valence-corrected chi connectivity index (χ4v) is 2.48. The highest BCUT2D eigenvalue weighted by Gasteiger charge is 2.28. The Morgan fingerprint density at radius 1 is 1.26 bits per heavy atom. The van der Waals surface area contributed by atoms with Gasteiger partial charge < -0.3 is 15.0 Å². The predicted octanol–water partition coefficient (Wildman–Crippen LogP) is 3.05. The smallest absolute Gasteiger partial charge is 0.119 e. The minimum atomic E-state index is 0.232. The van der Waals surface area contributed by atoms with E-state index in [4.69, 9.17) is 4.74 Å². The van der Waals surface area contributed by atoms with Crippen molar-refractivity contribution in [2.24, 2.45) is 0 Å². The fourth-order valence-electron chi connectivity index (χ4n) is 2.48. The van der Waals surface area contributed by atoms with Crippen molar-refractivity contribution in [3.63, 3.8) is 0 Å². The standard InChI is InChI=1S/C16H26N2O/c1-4-12-19-15-8-6-14(7-9-15)18-11-10-17-16(3,5-2)13-18/h6-9,17H,4-5,10-13H2,1-3H3. The van der Waals surface area contributed by atoms with Crippen LogP contribution in [-0.2, 0) is 0 Å². The maximum atomic E-state index is 5.63. The van der Waals surface area contributed by atoms with Crippen molar-refractivity contribution < 1.29 is 4.74 Å². The summed E-state index contributed by atoms with van der Waals surface area (Å²) in [5, 5.41) is 3.62. The number of ether oxygens (including phenoxy) is 1. The number of hydrogen-bond donors (Lipinski definition) is 1. The molecule has 19 heavy (non-hydrogen) atoms. The van der Waals surface area contributed by atoms with Crippen LogP contribution >= 0.6 is 0 Å². The van der Waals surface area contributed by atoms with Gasteiger partial charge in [-0.15, -0.1) is 0 Å². The molecular weight excluding hydrogens is 236 g/mol. The van der Waals surface area contributed by atoms with Crippen molar-refractivity contribution in [2.45, 2.75) is 39.2 Å². The Morgan fingerprint density at radius 3 is 2.63 bits per heavy atom. The summed E-state index contributed by atoms with van der Waals surface area (Å²) in [5.74, 6) is 0.971. The highest BCUT2D eigenvalue weighted by molar-refractivity contribution is 5.50. The molecule has 3 heteroatoms. The fraction of sp³-hybridized carbons (Fsp3) is 0.625. The second-order valence-electron chi connectivity index (χ2n) is 5.60. The molecule has 2 rings (SSSR count). The van der Waals surface area contributed by atoms with E-state index in [1.807, 2.05) is 0 Å². The van der Waals surface area contributed by atoms with E-state index in [1.165, 1.54) is 5.69 Å². The van der Waals surface area contributed by atoms with Gasteiger partial charge in [0.2, 0.25) is 0 Å². The molecule has 1 atom stereocenters. The van der Waals surface area contributed by atoms with Crippen LogP contribution in [-0.4, -0.2) is 31.8 Å². The highest BCUT2D eigenvalue weighted by atomic mass is 16.5. The molecule has 0 amide bonds. The van der Waals surface area contributed by atoms with E-state index in [2.05, 4.69) is 55.3 Å². The third-order valence-electron chi connectivity index (χ3n) is 3.93. The van der Waals surface area contributed by atoms with E-state index in [-0.39, 0.29) is 5.54 Å². The summed E-state index contributed by atoms with van der Waals surface area (Å²) >= 11 is 0. The molecule has 0 aromatic heterocycles. The first-order valence-electron chi connectivity index (χ1n) is 7.40. The summed E-state index contributed by atoms with van der Waals surface area (Å²) < 4.78 is 5.63. The average Bonchev–Trinajstić information content (AvgIpc) is 2.46. The van der Waals surface area contributed by atoms with E-state index in [1.54, 1.807) is 0 Å². The summed E-state index contributed by atoms with van der Waals surface area (Å²) in [4.78, 5) is 2.46. The van der Waals surface area contributed by atoms with Crippen molar-refractivity contribution in [1.29, 1.82) is 0 Å². The van der Waals surface area contributed by atoms with Crippen LogP contribution in [0.25, 0.3) is 0 Å². The Kier molecular flexibility index (Phi) is 4.70. The molecule has 0 radical (unpaired) electrons. The molecule has 3 nitrogen and oxygen atoms in total. The Bertz CT molecular complexity index is 390. The van der Waals surface area contributed by atoms with Gasteiger partial charge >= 0.3 is 0 Å². The summed E-state index contributed by atoms with van der Waals surface area (Å²) in [5.41, 5.74) is 1.53. The first kappa shape index (κ1) is 14.2. The van der Waals surface area contributed by atoms with Gasteiger partial charge in [-0.2, -0.15) is 0 Å². The normalized spacial score (nSPS) is 23.4. The molecule has 1 heterocycles. The van der Waals surface area contributed by atoms with E-state index >= 15 is 0 Å². The average molecular weight is 262 g/mol. The van der Waals surface area contributed by atoms with E-state index < -0.39 is 0 Å². The van der Waals surface area contributed by atoms with Gasteiger partial charge in [-0.05, 0) is 44.0 Å². The largest absolute Gasteiger partial charge is 0.494 e. The zero-order valence-electron chi connectivity index (χ0n) is 12.4. The van der Waals surface area contributed by atoms with Crippen LogP contribution in [0, 0.1) is 0 Å². The van der Waals surface area contributed by atoms with Gasteiger partial charge in [0.1, 0.15) is 5.75 Å². The number of hydrogen-bond acceptors (Lipinski definition) is 3. The molecule has 1 fully saturated rings. The maximum Gasteiger partial charge on any atom is 0.119 e. The Balaban J connectivity index is 2.01. The lowest BCUT2D eigenvalue weighted by atomic mass is 9.95. The van der Waals surface area contributed by atoms with Gasteiger partial charge in [0, 0.05) is 30.9 Å². The second-order valence-corrected chi connectivity index (χ2v) is 5.60. The second kappa shape index (κ2) is 6.29. The van der Waals surface area contributed by atoms with E-state index in [9.17, 15) is 0 Å². The first-order valence-corrected chi connectivity index (χ1v) is 7.40. The van der Waals surface area contributed by atoms with Gasteiger partial charge in [-0.3, -0.25) is 0 Å². The van der Waals surface area contributed by atoms with Crippen LogP contribution in [0.1, 0.15) is 33.6 Å². The number of nitrogens with one attached hydrogen (secondary N) is 1. The molecule has 1 aliphatic rings. The van der Waals surface area contributed by atoms with Crippen LogP contribution < -0.4 is 15.0 Å². The summed E-state index contributed by atoms with van der Waals surface area (Å²) in [6.07, 6.45) is 2.20. The van der Waals surface area contributed by atoms with Crippen molar-refractivity contribution in [2.75, 3.05) is 31.1 Å². The minimum absolute atomic E-state index is 0.232. The van der Waals surface area contributed by atoms with Crippen LogP contribution in [0.2, 0.25) is 0 Å². The van der Waals surface area contributed by atoms with Crippen molar-refractivity contribution in [1.82, 2.24) is 5.32 Å². The Labute approximate surface area is 116 Å². The predicted molar refractivity (Wildman–Crippen MR) is 81.1 cm³/mol. The minimum Gasteiger partial charge on any atom is -0.494 e. The molecule has 1 aromatic carbocycles. The number of rotatable bonds is 5. The number of anilines is 1. The highest BCUT2D eigenvalue weighted by Crippen LogP contribution is 2.24. The van der Waals surface area contributed by atoms with Crippen LogP contribution in [0.15, 0.2) is 24.3 Å². The van der Waals surface area contributed by atoms with E-state index in [0.29, 0.717) is 0 Å². The molecule has 0 aliphatic carbocycles. The third kappa shape index (κ3) is 3.63. The van der Waals surface area contributed by atoms with Crippen molar-refractivity contribution >= 4 is 5.69 Å². The zero-order valence-corrected chi connectivity index (χ0v) is 12.4. The molecule has 1 unspecified atom stereocenters. The molecule has 1 N–H and O–H groups in total.